The van der Waals surface area contributed by atoms with Crippen molar-refractivity contribution in [2.45, 2.75) is 13.3 Å². The lowest BCUT2D eigenvalue weighted by atomic mass is 10.2. The number of thiazole rings is 1. The van der Waals surface area contributed by atoms with Gasteiger partial charge in [0.15, 0.2) is 5.13 Å². The van der Waals surface area contributed by atoms with Crippen molar-refractivity contribution in [1.82, 2.24) is 9.88 Å². The summed E-state index contributed by atoms with van der Waals surface area (Å²) in [5.41, 5.74) is 8.87. The number of nitrogens with two attached hydrogens (primary N) is 1. The molecule has 3 rings (SSSR count). The Balaban J connectivity index is 1.56. The molecule has 1 saturated heterocycles. The number of carbonyl (C=O) groups is 1. The Morgan fingerprint density at radius 2 is 2.09 bits per heavy atom. The maximum Gasteiger partial charge on any atom is 0.228 e. The average molecular weight is 316 g/mol. The number of aromatic nitrogens is 1. The highest BCUT2D eigenvalue weighted by atomic mass is 32.1. The topological polar surface area (TPSA) is 62.5 Å². The van der Waals surface area contributed by atoms with Crippen LogP contribution >= 0.6 is 11.3 Å². The van der Waals surface area contributed by atoms with Crippen molar-refractivity contribution >= 4 is 28.1 Å². The van der Waals surface area contributed by atoms with E-state index in [1.807, 2.05) is 10.3 Å². The average Bonchev–Trinajstić information content (AvgIpc) is 2.92. The Kier molecular flexibility index (Phi) is 4.29. The molecule has 1 aromatic carbocycles. The van der Waals surface area contributed by atoms with Gasteiger partial charge in [0.25, 0.3) is 0 Å². The molecule has 2 N–H and O–H groups in total. The highest BCUT2D eigenvalue weighted by molar-refractivity contribution is 7.13. The number of rotatable bonds is 3. The zero-order chi connectivity index (χ0) is 15.5. The Morgan fingerprint density at radius 1 is 1.32 bits per heavy atom. The van der Waals surface area contributed by atoms with Crippen LogP contribution in [0.25, 0.3) is 0 Å². The van der Waals surface area contributed by atoms with Gasteiger partial charge in [0.1, 0.15) is 0 Å². The molecule has 116 valence electrons. The molecule has 0 bridgehead atoms. The third kappa shape index (κ3) is 3.39. The molecule has 2 heterocycles. The molecule has 1 fully saturated rings. The molecule has 0 saturated carbocycles. The number of piperazine rings is 1. The van der Waals surface area contributed by atoms with Crippen LogP contribution in [0.1, 0.15) is 11.3 Å². The zero-order valence-corrected chi connectivity index (χ0v) is 13.5. The number of hydrogen-bond donors (Lipinski definition) is 1. The van der Waals surface area contributed by atoms with Gasteiger partial charge in [-0.25, -0.2) is 4.98 Å². The van der Waals surface area contributed by atoms with Crippen molar-refractivity contribution in [2.75, 3.05) is 36.8 Å². The van der Waals surface area contributed by atoms with Crippen molar-refractivity contribution < 1.29 is 4.79 Å². The van der Waals surface area contributed by atoms with E-state index >= 15 is 0 Å². The van der Waals surface area contributed by atoms with E-state index in [1.165, 1.54) is 22.6 Å². The summed E-state index contributed by atoms with van der Waals surface area (Å²) in [6, 6.07) is 8.50. The first-order valence-electron chi connectivity index (χ1n) is 7.41. The van der Waals surface area contributed by atoms with Crippen LogP contribution in [0.5, 0.6) is 0 Å². The van der Waals surface area contributed by atoms with E-state index in [1.54, 1.807) is 0 Å². The molecule has 1 aliphatic rings. The van der Waals surface area contributed by atoms with E-state index in [9.17, 15) is 4.79 Å². The van der Waals surface area contributed by atoms with Crippen molar-refractivity contribution in [3.63, 3.8) is 0 Å². The maximum absolute atomic E-state index is 12.3. The molecule has 1 aliphatic heterocycles. The van der Waals surface area contributed by atoms with Crippen LogP contribution in [0.15, 0.2) is 29.6 Å². The number of nitrogens with zero attached hydrogens (tertiary/aromatic N) is 3. The zero-order valence-electron chi connectivity index (χ0n) is 12.7. The minimum Gasteiger partial charge on any atom is -0.375 e. The van der Waals surface area contributed by atoms with Gasteiger partial charge in [0, 0.05) is 37.2 Å². The van der Waals surface area contributed by atoms with Gasteiger partial charge >= 0.3 is 0 Å². The number of anilines is 2. The summed E-state index contributed by atoms with van der Waals surface area (Å²) in [6.07, 6.45) is 0.345. The summed E-state index contributed by atoms with van der Waals surface area (Å²) in [6.45, 7) is 5.35. The van der Waals surface area contributed by atoms with Crippen molar-refractivity contribution in [2.24, 2.45) is 0 Å². The van der Waals surface area contributed by atoms with E-state index in [4.69, 9.17) is 5.73 Å². The molecule has 2 aromatic rings. The molecule has 0 spiro atoms. The number of benzene rings is 1. The fraction of sp³-hybridized carbons (Fsp3) is 0.375. The SMILES string of the molecule is Cc1cccc(N2CCN(C(=O)Cc3csc(N)n3)CC2)c1. The van der Waals surface area contributed by atoms with Gasteiger partial charge in [-0.3, -0.25) is 4.79 Å². The second kappa shape index (κ2) is 6.36. The third-order valence-corrected chi connectivity index (χ3v) is 4.62. The summed E-state index contributed by atoms with van der Waals surface area (Å²) < 4.78 is 0. The van der Waals surface area contributed by atoms with E-state index in [0.29, 0.717) is 11.6 Å². The smallest absolute Gasteiger partial charge is 0.228 e. The molecule has 1 aromatic heterocycles. The lowest BCUT2D eigenvalue weighted by Gasteiger charge is -2.36. The van der Waals surface area contributed by atoms with E-state index in [2.05, 4.69) is 41.1 Å². The Hall–Kier alpha value is -2.08. The van der Waals surface area contributed by atoms with Gasteiger partial charge in [-0.15, -0.1) is 11.3 Å². The third-order valence-electron chi connectivity index (χ3n) is 3.90. The van der Waals surface area contributed by atoms with Crippen molar-refractivity contribution in [3.05, 3.63) is 40.9 Å². The number of nitrogen functional groups attached to an aromatic ring is 1. The summed E-state index contributed by atoms with van der Waals surface area (Å²) in [4.78, 5) is 20.7. The summed E-state index contributed by atoms with van der Waals surface area (Å²) in [7, 11) is 0. The Labute approximate surface area is 134 Å². The standard InChI is InChI=1S/C16H20N4OS/c1-12-3-2-4-14(9-12)19-5-7-20(8-6-19)15(21)10-13-11-22-16(17)18-13/h2-4,9,11H,5-8,10H2,1H3,(H2,17,18). The summed E-state index contributed by atoms with van der Waals surface area (Å²) >= 11 is 1.38. The largest absolute Gasteiger partial charge is 0.375 e. The van der Waals surface area contributed by atoms with Crippen LogP contribution in [-0.4, -0.2) is 42.0 Å². The van der Waals surface area contributed by atoms with Crippen molar-refractivity contribution in [3.8, 4) is 0 Å². The molecular weight excluding hydrogens is 296 g/mol. The first kappa shape index (κ1) is 14.8. The molecule has 6 heteroatoms. The first-order valence-corrected chi connectivity index (χ1v) is 8.29. The van der Waals surface area contributed by atoms with E-state index in [0.717, 1.165) is 31.9 Å². The number of aryl methyl sites for hydroxylation is 1. The number of amides is 1. The first-order chi connectivity index (χ1) is 10.6. The molecule has 0 unspecified atom stereocenters. The molecule has 0 aliphatic carbocycles. The predicted molar refractivity (Wildman–Crippen MR) is 90.2 cm³/mol. The monoisotopic (exact) mass is 316 g/mol. The number of hydrogen-bond acceptors (Lipinski definition) is 5. The fourth-order valence-corrected chi connectivity index (χ4v) is 3.27. The predicted octanol–water partition coefficient (Wildman–Crippen LogP) is 1.93. The van der Waals surface area contributed by atoms with Crippen LogP contribution in [0.3, 0.4) is 0 Å². The Morgan fingerprint density at radius 3 is 2.73 bits per heavy atom. The summed E-state index contributed by atoms with van der Waals surface area (Å²) in [5, 5.41) is 2.38. The van der Waals surface area contributed by atoms with Crippen LogP contribution in [-0.2, 0) is 11.2 Å². The van der Waals surface area contributed by atoms with E-state index in [-0.39, 0.29) is 5.91 Å². The minimum absolute atomic E-state index is 0.134. The fourth-order valence-electron chi connectivity index (χ4n) is 2.71. The van der Waals surface area contributed by atoms with Crippen LogP contribution < -0.4 is 10.6 Å². The maximum atomic E-state index is 12.3. The Bertz CT molecular complexity index is 662. The molecule has 0 radical (unpaired) electrons. The van der Waals surface area contributed by atoms with Gasteiger partial charge in [-0.2, -0.15) is 0 Å². The van der Waals surface area contributed by atoms with Gasteiger partial charge in [-0.05, 0) is 24.6 Å². The van der Waals surface area contributed by atoms with Gasteiger partial charge in [0.05, 0.1) is 12.1 Å². The molecule has 1 amide bonds. The van der Waals surface area contributed by atoms with E-state index < -0.39 is 0 Å². The molecular formula is C16H20N4OS. The highest BCUT2D eigenvalue weighted by Crippen LogP contribution is 2.18. The van der Waals surface area contributed by atoms with Crippen LogP contribution in [0, 0.1) is 6.92 Å². The molecule has 0 atom stereocenters. The second-order valence-electron chi connectivity index (χ2n) is 5.56. The summed E-state index contributed by atoms with van der Waals surface area (Å²) in [5.74, 6) is 0.134. The van der Waals surface area contributed by atoms with Gasteiger partial charge in [0.2, 0.25) is 5.91 Å². The van der Waals surface area contributed by atoms with Crippen molar-refractivity contribution in [1.29, 1.82) is 0 Å². The highest BCUT2D eigenvalue weighted by Gasteiger charge is 2.22. The molecule has 5 nitrogen and oxygen atoms in total. The number of carbonyl (C=O) groups excluding carboxylic acids is 1. The lowest BCUT2D eigenvalue weighted by Crippen LogP contribution is -2.49. The van der Waals surface area contributed by atoms with Gasteiger partial charge in [-0.1, -0.05) is 12.1 Å². The van der Waals surface area contributed by atoms with Crippen LogP contribution in [0.2, 0.25) is 0 Å². The minimum atomic E-state index is 0.134. The van der Waals surface area contributed by atoms with Gasteiger partial charge < -0.3 is 15.5 Å². The molecule has 22 heavy (non-hydrogen) atoms. The van der Waals surface area contributed by atoms with Crippen LogP contribution in [0.4, 0.5) is 10.8 Å². The second-order valence-corrected chi connectivity index (χ2v) is 6.45. The normalized spacial score (nSPS) is 15.1. The quantitative estimate of drug-likeness (QED) is 0.940. The lowest BCUT2D eigenvalue weighted by molar-refractivity contribution is -0.130.